The average Bonchev–Trinajstić information content (AvgIpc) is 3.32. The summed E-state index contributed by atoms with van der Waals surface area (Å²) in [5, 5.41) is 4.56. The third-order valence-corrected chi connectivity index (χ3v) is 5.32. The summed E-state index contributed by atoms with van der Waals surface area (Å²) in [4.78, 5) is 25.7. The van der Waals surface area contributed by atoms with Crippen molar-refractivity contribution in [1.29, 1.82) is 0 Å². The number of carbonyl (C=O) groups excluding carboxylic acids is 2. The van der Waals surface area contributed by atoms with Gasteiger partial charge in [0.05, 0.1) is 27.0 Å². The molecular weight excluding hydrogens is 463 g/mol. The van der Waals surface area contributed by atoms with Crippen molar-refractivity contribution in [3.63, 3.8) is 0 Å². The molecule has 0 aliphatic carbocycles. The van der Waals surface area contributed by atoms with E-state index in [0.717, 1.165) is 0 Å². The molecule has 1 heterocycles. The summed E-state index contributed by atoms with van der Waals surface area (Å²) in [5.41, 5.74) is 1.66. The van der Waals surface area contributed by atoms with Crippen LogP contribution in [-0.4, -0.2) is 43.0 Å². The second-order valence-electron chi connectivity index (χ2n) is 7.47. The number of benzene rings is 3. The van der Waals surface area contributed by atoms with Crippen molar-refractivity contribution < 1.29 is 28.2 Å². The van der Waals surface area contributed by atoms with E-state index in [2.05, 4.69) is 16.9 Å². The van der Waals surface area contributed by atoms with Crippen LogP contribution >= 0.6 is 0 Å². The van der Waals surface area contributed by atoms with Gasteiger partial charge in [-0.1, -0.05) is 30.0 Å². The molecule has 1 aromatic heterocycles. The van der Waals surface area contributed by atoms with Gasteiger partial charge in [-0.2, -0.15) is 5.10 Å². The van der Waals surface area contributed by atoms with E-state index in [-0.39, 0.29) is 22.5 Å². The standard InChI is InChI=1S/C28H21FN2O5/c1-34-22-14-10-18(11-15-22)9-12-19-17-20(29)13-16-23(19)25-24(27(32)35-2)26(28(33)36-3)31(30-25)21-7-5-4-6-8-21/h4-8,10-11,13-17H,1-3H3. The first-order valence-electron chi connectivity index (χ1n) is 10.8. The molecule has 7 nitrogen and oxygen atoms in total. The van der Waals surface area contributed by atoms with Crippen molar-refractivity contribution in [3.05, 3.63) is 101 Å². The van der Waals surface area contributed by atoms with Gasteiger partial charge in [-0.25, -0.2) is 18.7 Å². The zero-order valence-corrected chi connectivity index (χ0v) is 19.7. The summed E-state index contributed by atoms with van der Waals surface area (Å²) in [7, 11) is 3.97. The quantitative estimate of drug-likeness (QED) is 0.303. The topological polar surface area (TPSA) is 79.7 Å². The molecule has 0 saturated carbocycles. The fraction of sp³-hybridized carbons (Fsp3) is 0.107. The molecule has 4 aromatic rings. The molecule has 180 valence electrons. The number of ether oxygens (including phenoxy) is 3. The lowest BCUT2D eigenvalue weighted by atomic mass is 10.00. The second kappa shape index (κ2) is 10.6. The maximum atomic E-state index is 14.3. The number of nitrogens with zero attached hydrogens (tertiary/aromatic N) is 2. The van der Waals surface area contributed by atoms with Crippen LogP contribution in [0.1, 0.15) is 32.0 Å². The number of methoxy groups -OCH3 is 3. The predicted octanol–water partition coefficient (Wildman–Crippen LogP) is 4.66. The largest absolute Gasteiger partial charge is 0.497 e. The molecule has 0 atom stereocenters. The lowest BCUT2D eigenvalue weighted by Crippen LogP contribution is -2.15. The van der Waals surface area contributed by atoms with Crippen molar-refractivity contribution in [3.8, 4) is 34.5 Å². The summed E-state index contributed by atoms with van der Waals surface area (Å²) in [6.45, 7) is 0. The summed E-state index contributed by atoms with van der Waals surface area (Å²) in [5.74, 6) is 4.51. The van der Waals surface area contributed by atoms with Crippen LogP contribution in [0.2, 0.25) is 0 Å². The minimum absolute atomic E-state index is 0.102. The highest BCUT2D eigenvalue weighted by Crippen LogP contribution is 2.31. The minimum atomic E-state index is -0.800. The third-order valence-electron chi connectivity index (χ3n) is 5.32. The number of para-hydroxylation sites is 1. The highest BCUT2D eigenvalue weighted by Gasteiger charge is 2.32. The average molecular weight is 484 g/mol. The van der Waals surface area contributed by atoms with E-state index >= 15 is 0 Å². The molecule has 0 aliphatic heterocycles. The Balaban J connectivity index is 1.96. The number of carbonyl (C=O) groups is 2. The van der Waals surface area contributed by atoms with Crippen LogP contribution < -0.4 is 4.74 Å². The molecule has 36 heavy (non-hydrogen) atoms. The fourth-order valence-electron chi connectivity index (χ4n) is 3.58. The Kier molecular flexibility index (Phi) is 7.12. The van der Waals surface area contributed by atoms with E-state index in [0.29, 0.717) is 22.6 Å². The van der Waals surface area contributed by atoms with Gasteiger partial charge in [-0.15, -0.1) is 0 Å². The molecule has 0 spiro atoms. The lowest BCUT2D eigenvalue weighted by Gasteiger charge is -2.07. The number of aromatic nitrogens is 2. The van der Waals surface area contributed by atoms with Gasteiger partial charge in [-0.3, -0.25) is 0 Å². The van der Waals surface area contributed by atoms with Crippen LogP contribution in [0.15, 0.2) is 72.8 Å². The molecular formula is C28H21FN2O5. The van der Waals surface area contributed by atoms with E-state index < -0.39 is 17.8 Å². The van der Waals surface area contributed by atoms with Gasteiger partial charge in [0.15, 0.2) is 5.69 Å². The fourth-order valence-corrected chi connectivity index (χ4v) is 3.58. The minimum Gasteiger partial charge on any atom is -0.497 e. The van der Waals surface area contributed by atoms with Crippen LogP contribution in [0, 0.1) is 17.7 Å². The number of rotatable bonds is 5. The van der Waals surface area contributed by atoms with E-state index in [4.69, 9.17) is 14.2 Å². The summed E-state index contributed by atoms with van der Waals surface area (Å²) < 4.78 is 30.7. The summed E-state index contributed by atoms with van der Waals surface area (Å²) >= 11 is 0. The molecule has 0 N–H and O–H groups in total. The molecule has 0 unspecified atom stereocenters. The maximum Gasteiger partial charge on any atom is 0.357 e. The zero-order chi connectivity index (χ0) is 25.7. The Bertz CT molecular complexity index is 1480. The van der Waals surface area contributed by atoms with Gasteiger partial charge < -0.3 is 14.2 Å². The Morgan fingerprint density at radius 1 is 0.861 bits per heavy atom. The molecule has 4 rings (SSSR count). The van der Waals surface area contributed by atoms with Crippen LogP contribution in [0.25, 0.3) is 16.9 Å². The van der Waals surface area contributed by atoms with E-state index in [1.165, 1.54) is 37.1 Å². The molecule has 0 saturated heterocycles. The first-order chi connectivity index (χ1) is 17.5. The molecule has 8 heteroatoms. The highest BCUT2D eigenvalue weighted by atomic mass is 19.1. The number of hydrogen-bond donors (Lipinski definition) is 0. The van der Waals surface area contributed by atoms with E-state index in [1.807, 2.05) is 0 Å². The van der Waals surface area contributed by atoms with Gasteiger partial charge in [0, 0.05) is 16.7 Å². The molecule has 0 aliphatic rings. The Morgan fingerprint density at radius 3 is 2.19 bits per heavy atom. The zero-order valence-electron chi connectivity index (χ0n) is 19.7. The third kappa shape index (κ3) is 4.81. The number of halogens is 1. The molecule has 0 amide bonds. The summed E-state index contributed by atoms with van der Waals surface area (Å²) in [6, 6.07) is 19.8. The lowest BCUT2D eigenvalue weighted by molar-refractivity contribution is 0.0549. The normalized spacial score (nSPS) is 10.2. The van der Waals surface area contributed by atoms with Crippen molar-refractivity contribution in [1.82, 2.24) is 9.78 Å². The van der Waals surface area contributed by atoms with Gasteiger partial charge in [0.25, 0.3) is 0 Å². The SMILES string of the molecule is COC(=O)c1c(-c2ccc(F)cc2C#Cc2ccc(OC)cc2)nn(-c2ccccc2)c1C(=O)OC. The van der Waals surface area contributed by atoms with E-state index in [1.54, 1.807) is 61.7 Å². The van der Waals surface area contributed by atoms with Gasteiger partial charge in [-0.05, 0) is 54.6 Å². The number of hydrogen-bond acceptors (Lipinski definition) is 6. The predicted molar refractivity (Wildman–Crippen MR) is 131 cm³/mol. The van der Waals surface area contributed by atoms with Crippen LogP contribution in [0.3, 0.4) is 0 Å². The molecule has 0 bridgehead atoms. The van der Waals surface area contributed by atoms with Crippen LogP contribution in [0.5, 0.6) is 5.75 Å². The Hall–Kier alpha value is -4.90. The first kappa shape index (κ1) is 24.2. The van der Waals surface area contributed by atoms with Crippen molar-refractivity contribution in [2.45, 2.75) is 0 Å². The molecule has 0 radical (unpaired) electrons. The van der Waals surface area contributed by atoms with E-state index in [9.17, 15) is 14.0 Å². The van der Waals surface area contributed by atoms with Crippen molar-refractivity contribution in [2.24, 2.45) is 0 Å². The van der Waals surface area contributed by atoms with Gasteiger partial charge in [0.2, 0.25) is 0 Å². The summed E-state index contributed by atoms with van der Waals surface area (Å²) in [6.07, 6.45) is 0. The van der Waals surface area contributed by atoms with Crippen LogP contribution in [0.4, 0.5) is 4.39 Å². The monoisotopic (exact) mass is 484 g/mol. The molecule has 0 fully saturated rings. The second-order valence-corrected chi connectivity index (χ2v) is 7.47. The molecule has 3 aromatic carbocycles. The smallest absolute Gasteiger partial charge is 0.357 e. The Morgan fingerprint density at radius 2 is 1.56 bits per heavy atom. The Labute approximate surface area is 207 Å². The highest BCUT2D eigenvalue weighted by molar-refractivity contribution is 6.07. The van der Waals surface area contributed by atoms with Crippen LogP contribution in [-0.2, 0) is 9.47 Å². The number of esters is 2. The first-order valence-corrected chi connectivity index (χ1v) is 10.8. The van der Waals surface area contributed by atoms with Gasteiger partial charge in [0.1, 0.15) is 22.8 Å². The van der Waals surface area contributed by atoms with Gasteiger partial charge >= 0.3 is 11.9 Å². The maximum absolute atomic E-state index is 14.3. The van der Waals surface area contributed by atoms with Crippen molar-refractivity contribution >= 4 is 11.9 Å². The van der Waals surface area contributed by atoms with Crippen molar-refractivity contribution in [2.75, 3.05) is 21.3 Å².